The number of rotatable bonds is 4. The summed E-state index contributed by atoms with van der Waals surface area (Å²) < 4.78 is 1.79. The van der Waals surface area contributed by atoms with Gasteiger partial charge < -0.3 is 0 Å². The van der Waals surface area contributed by atoms with Gasteiger partial charge in [-0.1, -0.05) is 11.6 Å². The van der Waals surface area contributed by atoms with E-state index in [0.717, 1.165) is 12.1 Å². The summed E-state index contributed by atoms with van der Waals surface area (Å²) in [7, 11) is 0. The molecule has 0 amide bonds. The van der Waals surface area contributed by atoms with E-state index in [1.165, 1.54) is 6.20 Å². The van der Waals surface area contributed by atoms with Gasteiger partial charge >= 0.3 is 0 Å². The lowest BCUT2D eigenvalue weighted by molar-refractivity contribution is 0.0992. The highest BCUT2D eigenvalue weighted by Crippen LogP contribution is 2.09. The Kier molecular flexibility index (Phi) is 3.54. The largest absolute Gasteiger partial charge is 0.294 e. The molecule has 0 aliphatic carbocycles. The van der Waals surface area contributed by atoms with Crippen molar-refractivity contribution in [1.29, 1.82) is 0 Å². The predicted molar refractivity (Wildman–Crippen MR) is 65.2 cm³/mol. The number of hydrogen-bond donors (Lipinski definition) is 0. The number of Topliss-reactive ketones (excluding diaryl/α,β-unsaturated/α-hetero) is 1. The van der Waals surface area contributed by atoms with Crippen molar-refractivity contribution in [2.75, 3.05) is 0 Å². The standard InChI is InChI=1S/C12H12ClN3O/c1-2-16-8-9(6-15-16)5-11(17)10-3-4-12(13)14-7-10/h3-4,6-8H,2,5H2,1H3. The maximum absolute atomic E-state index is 11.9. The van der Waals surface area contributed by atoms with Gasteiger partial charge in [0.15, 0.2) is 5.78 Å². The van der Waals surface area contributed by atoms with Crippen LogP contribution in [-0.4, -0.2) is 20.5 Å². The second kappa shape index (κ2) is 5.10. The molecular weight excluding hydrogens is 238 g/mol. The maximum atomic E-state index is 11.9. The van der Waals surface area contributed by atoms with E-state index < -0.39 is 0 Å². The second-order valence-electron chi connectivity index (χ2n) is 3.67. The van der Waals surface area contributed by atoms with Crippen molar-refractivity contribution in [2.45, 2.75) is 19.9 Å². The quantitative estimate of drug-likeness (QED) is 0.617. The number of aryl methyl sites for hydroxylation is 1. The number of carbonyl (C=O) groups excluding carboxylic acids is 1. The average Bonchev–Trinajstić information content (AvgIpc) is 2.77. The van der Waals surface area contributed by atoms with Gasteiger partial charge in [-0.3, -0.25) is 9.48 Å². The molecule has 0 bridgehead atoms. The van der Waals surface area contributed by atoms with E-state index in [-0.39, 0.29) is 5.78 Å². The smallest absolute Gasteiger partial charge is 0.168 e. The minimum Gasteiger partial charge on any atom is -0.294 e. The number of aromatic nitrogens is 3. The third kappa shape index (κ3) is 2.91. The van der Waals surface area contributed by atoms with Gasteiger partial charge in [0.25, 0.3) is 0 Å². The fourth-order valence-electron chi connectivity index (χ4n) is 1.50. The summed E-state index contributed by atoms with van der Waals surface area (Å²) in [6, 6.07) is 3.30. The molecule has 0 aliphatic rings. The first-order valence-corrected chi connectivity index (χ1v) is 5.73. The fourth-order valence-corrected chi connectivity index (χ4v) is 1.61. The first-order valence-electron chi connectivity index (χ1n) is 5.35. The van der Waals surface area contributed by atoms with E-state index >= 15 is 0 Å². The Labute approximate surface area is 104 Å². The van der Waals surface area contributed by atoms with Gasteiger partial charge in [0.2, 0.25) is 0 Å². The highest BCUT2D eigenvalue weighted by atomic mass is 35.5. The molecule has 0 saturated carbocycles. The lowest BCUT2D eigenvalue weighted by atomic mass is 10.1. The summed E-state index contributed by atoms with van der Waals surface area (Å²) in [5.74, 6) is 0.0184. The van der Waals surface area contributed by atoms with Crippen molar-refractivity contribution in [3.8, 4) is 0 Å². The molecule has 0 aromatic carbocycles. The normalized spacial score (nSPS) is 10.5. The molecular formula is C12H12ClN3O. The van der Waals surface area contributed by atoms with Gasteiger partial charge in [-0.05, 0) is 24.6 Å². The zero-order valence-corrected chi connectivity index (χ0v) is 10.2. The molecule has 17 heavy (non-hydrogen) atoms. The van der Waals surface area contributed by atoms with Crippen LogP contribution in [0.15, 0.2) is 30.7 Å². The molecule has 4 nitrogen and oxygen atoms in total. The number of ketones is 1. The Morgan fingerprint density at radius 1 is 1.41 bits per heavy atom. The number of pyridine rings is 1. The van der Waals surface area contributed by atoms with Crippen LogP contribution in [0.2, 0.25) is 5.15 Å². The van der Waals surface area contributed by atoms with Crippen molar-refractivity contribution >= 4 is 17.4 Å². The molecule has 0 aliphatic heterocycles. The Morgan fingerprint density at radius 3 is 2.82 bits per heavy atom. The molecule has 2 heterocycles. The Hall–Kier alpha value is -1.68. The van der Waals surface area contributed by atoms with Crippen molar-refractivity contribution in [3.05, 3.63) is 47.0 Å². The highest BCUT2D eigenvalue weighted by molar-refractivity contribution is 6.29. The number of carbonyl (C=O) groups is 1. The van der Waals surface area contributed by atoms with Gasteiger partial charge in [0.1, 0.15) is 5.15 Å². The highest BCUT2D eigenvalue weighted by Gasteiger charge is 2.08. The SMILES string of the molecule is CCn1cc(CC(=O)c2ccc(Cl)nc2)cn1. The van der Waals surface area contributed by atoms with Crippen LogP contribution in [-0.2, 0) is 13.0 Å². The van der Waals surface area contributed by atoms with Crippen molar-refractivity contribution in [3.63, 3.8) is 0 Å². The van der Waals surface area contributed by atoms with E-state index in [9.17, 15) is 4.79 Å². The summed E-state index contributed by atoms with van der Waals surface area (Å²) in [4.78, 5) is 15.8. The Morgan fingerprint density at radius 2 is 2.24 bits per heavy atom. The van der Waals surface area contributed by atoms with Gasteiger partial charge in [0, 0.05) is 30.9 Å². The van der Waals surface area contributed by atoms with E-state index in [4.69, 9.17) is 11.6 Å². The Bertz CT molecular complexity index is 519. The van der Waals surface area contributed by atoms with Crippen LogP contribution in [0.5, 0.6) is 0 Å². The number of nitrogens with zero attached hydrogens (tertiary/aromatic N) is 3. The number of halogens is 1. The molecule has 5 heteroatoms. The van der Waals surface area contributed by atoms with Gasteiger partial charge in [-0.15, -0.1) is 0 Å². The molecule has 2 aromatic rings. The summed E-state index contributed by atoms with van der Waals surface area (Å²) in [6.07, 6.45) is 5.42. The van der Waals surface area contributed by atoms with Crippen LogP contribution < -0.4 is 0 Å². The first kappa shape index (κ1) is 11.8. The third-order valence-electron chi connectivity index (χ3n) is 2.42. The van der Waals surface area contributed by atoms with E-state index in [0.29, 0.717) is 17.1 Å². The summed E-state index contributed by atoms with van der Waals surface area (Å²) in [5.41, 5.74) is 1.48. The number of hydrogen-bond acceptors (Lipinski definition) is 3. The fraction of sp³-hybridized carbons (Fsp3) is 0.250. The van der Waals surface area contributed by atoms with Gasteiger partial charge in [-0.2, -0.15) is 5.10 Å². The molecule has 0 fully saturated rings. The van der Waals surface area contributed by atoms with Crippen LogP contribution in [0.3, 0.4) is 0 Å². The topological polar surface area (TPSA) is 47.8 Å². The van der Waals surface area contributed by atoms with Crippen molar-refractivity contribution in [1.82, 2.24) is 14.8 Å². The molecule has 0 N–H and O–H groups in total. The van der Waals surface area contributed by atoms with E-state index in [1.54, 1.807) is 23.0 Å². The van der Waals surface area contributed by atoms with Crippen LogP contribution in [0.25, 0.3) is 0 Å². The van der Waals surface area contributed by atoms with Crippen LogP contribution in [0.4, 0.5) is 0 Å². The molecule has 0 saturated heterocycles. The van der Waals surface area contributed by atoms with Crippen LogP contribution in [0, 0.1) is 0 Å². The molecule has 88 valence electrons. The molecule has 2 rings (SSSR count). The maximum Gasteiger partial charge on any atom is 0.168 e. The zero-order chi connectivity index (χ0) is 12.3. The Balaban J connectivity index is 2.08. The van der Waals surface area contributed by atoms with Gasteiger partial charge in [0.05, 0.1) is 6.20 Å². The second-order valence-corrected chi connectivity index (χ2v) is 4.06. The summed E-state index contributed by atoms with van der Waals surface area (Å²) >= 11 is 5.66. The summed E-state index contributed by atoms with van der Waals surface area (Å²) in [5, 5.41) is 4.51. The monoisotopic (exact) mass is 249 g/mol. The minimum absolute atomic E-state index is 0.0184. The van der Waals surface area contributed by atoms with Crippen LogP contribution in [0.1, 0.15) is 22.8 Å². The molecule has 2 aromatic heterocycles. The molecule has 0 unspecified atom stereocenters. The van der Waals surface area contributed by atoms with Gasteiger partial charge in [-0.25, -0.2) is 4.98 Å². The molecule has 0 atom stereocenters. The lowest BCUT2D eigenvalue weighted by Crippen LogP contribution is -2.03. The minimum atomic E-state index is 0.0184. The van der Waals surface area contributed by atoms with Crippen molar-refractivity contribution < 1.29 is 4.79 Å². The third-order valence-corrected chi connectivity index (χ3v) is 2.65. The first-order chi connectivity index (χ1) is 8.19. The predicted octanol–water partition coefficient (Wildman–Crippen LogP) is 2.38. The van der Waals surface area contributed by atoms with Crippen LogP contribution >= 0.6 is 11.6 Å². The molecule has 0 radical (unpaired) electrons. The zero-order valence-electron chi connectivity index (χ0n) is 9.43. The lowest BCUT2D eigenvalue weighted by Gasteiger charge is -1.98. The summed E-state index contributed by atoms with van der Waals surface area (Å²) in [6.45, 7) is 2.80. The van der Waals surface area contributed by atoms with E-state index in [2.05, 4.69) is 10.1 Å². The van der Waals surface area contributed by atoms with Crippen molar-refractivity contribution in [2.24, 2.45) is 0 Å². The molecule has 0 spiro atoms. The van der Waals surface area contributed by atoms with E-state index in [1.807, 2.05) is 13.1 Å². The average molecular weight is 250 g/mol.